The van der Waals surface area contributed by atoms with Crippen LogP contribution in [-0.2, 0) is 31.6 Å². The molecule has 2 aromatic heterocycles. The molecule has 0 saturated carbocycles. The first-order valence-corrected chi connectivity index (χ1v) is 16.0. The van der Waals surface area contributed by atoms with Crippen LogP contribution in [-0.4, -0.2) is 70.8 Å². The Bertz CT molecular complexity index is 1750. The van der Waals surface area contributed by atoms with Crippen molar-refractivity contribution in [3.8, 4) is 5.75 Å². The molecule has 1 saturated heterocycles. The van der Waals surface area contributed by atoms with E-state index in [2.05, 4.69) is 20.0 Å². The predicted molar refractivity (Wildman–Crippen MR) is 169 cm³/mol. The highest BCUT2D eigenvalue weighted by Gasteiger charge is 2.41. The number of nitrogens with one attached hydrogen (secondary N) is 3. The molecular weight excluding hydrogens is 582 g/mol. The topological polar surface area (TPSA) is 164 Å². The number of hydrogen-bond donors (Lipinski definition) is 4. The van der Waals surface area contributed by atoms with Gasteiger partial charge in [0.1, 0.15) is 22.2 Å². The number of amides is 2. The number of nitrogens with two attached hydrogens (primary N) is 1. The van der Waals surface area contributed by atoms with Gasteiger partial charge in [-0.3, -0.25) is 9.59 Å². The molecule has 0 bridgehead atoms. The van der Waals surface area contributed by atoms with Gasteiger partial charge in [0.05, 0.1) is 13.4 Å². The third-order valence-corrected chi connectivity index (χ3v) is 10.2. The van der Waals surface area contributed by atoms with Gasteiger partial charge in [0.25, 0.3) is 5.91 Å². The molecule has 4 aromatic rings. The monoisotopic (exact) mass is 621 g/mol. The summed E-state index contributed by atoms with van der Waals surface area (Å²) in [7, 11) is -2.52. The number of carbonyl (C=O) groups excluding carboxylic acids is 2. The predicted octanol–water partition coefficient (Wildman–Crippen LogP) is 2.92. The number of hydrogen-bond acceptors (Lipinski definition) is 7. The lowest BCUT2D eigenvalue weighted by Gasteiger charge is -2.34. The average Bonchev–Trinajstić information content (AvgIpc) is 3.78. The van der Waals surface area contributed by atoms with E-state index in [1.165, 1.54) is 20.2 Å². The van der Waals surface area contributed by atoms with Crippen LogP contribution in [0.15, 0.2) is 67.3 Å². The fourth-order valence-corrected chi connectivity index (χ4v) is 6.29. The first-order valence-electron chi connectivity index (χ1n) is 14.5. The molecule has 1 aliphatic heterocycles. The van der Waals surface area contributed by atoms with Crippen LogP contribution in [0.2, 0.25) is 0 Å². The number of benzene rings is 2. The minimum absolute atomic E-state index is 0.0584. The number of aromatic nitrogens is 3. The molecular formula is C31H39N7O5S. The van der Waals surface area contributed by atoms with E-state index in [1.807, 2.05) is 48.2 Å². The molecule has 5 rings (SSSR count). The highest BCUT2D eigenvalue weighted by Crippen LogP contribution is 2.32. The van der Waals surface area contributed by atoms with Crippen molar-refractivity contribution in [2.24, 2.45) is 5.73 Å². The molecule has 2 unspecified atom stereocenters. The fourth-order valence-electron chi connectivity index (χ4n) is 5.42. The minimum atomic E-state index is -4.10. The van der Waals surface area contributed by atoms with E-state index in [9.17, 15) is 18.0 Å². The normalized spacial score (nSPS) is 16.1. The molecule has 0 aliphatic carbocycles. The maximum Gasteiger partial charge on any atom is 0.253 e. The van der Waals surface area contributed by atoms with Crippen LogP contribution in [0.25, 0.3) is 10.9 Å². The summed E-state index contributed by atoms with van der Waals surface area (Å²) in [5.41, 5.74) is 7.11. The zero-order chi connectivity index (χ0) is 31.7. The van der Waals surface area contributed by atoms with Crippen molar-refractivity contribution >= 4 is 38.6 Å². The number of likely N-dealkylation sites (tertiary alicyclic amines) is 1. The van der Waals surface area contributed by atoms with Crippen LogP contribution in [0.1, 0.15) is 44.7 Å². The van der Waals surface area contributed by atoms with Crippen LogP contribution in [0.3, 0.4) is 0 Å². The van der Waals surface area contributed by atoms with Crippen molar-refractivity contribution in [3.63, 3.8) is 0 Å². The van der Waals surface area contributed by atoms with E-state index < -0.39 is 32.4 Å². The molecule has 3 heterocycles. The lowest BCUT2D eigenvalue weighted by Crippen LogP contribution is -2.55. The van der Waals surface area contributed by atoms with Crippen LogP contribution in [0.5, 0.6) is 5.75 Å². The van der Waals surface area contributed by atoms with E-state index in [1.54, 1.807) is 36.2 Å². The van der Waals surface area contributed by atoms with E-state index in [0.717, 1.165) is 34.9 Å². The van der Waals surface area contributed by atoms with Crippen molar-refractivity contribution in [2.45, 2.75) is 56.5 Å². The number of para-hydroxylation sites is 1. The quantitative estimate of drug-likeness (QED) is 0.200. The molecule has 0 spiro atoms. The van der Waals surface area contributed by atoms with Gasteiger partial charge in [-0.25, -0.2) is 18.1 Å². The van der Waals surface area contributed by atoms with Gasteiger partial charge in [-0.1, -0.05) is 30.3 Å². The highest BCUT2D eigenvalue weighted by molar-refractivity contribution is 7.90. The van der Waals surface area contributed by atoms with Gasteiger partial charge in [0.15, 0.2) is 5.82 Å². The molecule has 5 N–H and O–H groups in total. The Labute approximate surface area is 257 Å². The number of imidazole rings is 1. The summed E-state index contributed by atoms with van der Waals surface area (Å²) in [5, 5.41) is 3.63. The summed E-state index contributed by atoms with van der Waals surface area (Å²) in [6.45, 7) is 5.86. The third kappa shape index (κ3) is 6.07. The zero-order valence-electron chi connectivity index (χ0n) is 25.3. The van der Waals surface area contributed by atoms with E-state index in [-0.39, 0.29) is 18.1 Å². The molecule has 2 aromatic carbocycles. The number of aromatic amines is 1. The zero-order valence-corrected chi connectivity index (χ0v) is 26.1. The summed E-state index contributed by atoms with van der Waals surface area (Å²) < 4.78 is 35.6. The number of rotatable bonds is 11. The van der Waals surface area contributed by atoms with Crippen molar-refractivity contribution in [2.75, 3.05) is 25.5 Å². The maximum absolute atomic E-state index is 14.0. The molecule has 1 fully saturated rings. The lowest BCUT2D eigenvalue weighted by atomic mass is 9.90. The molecule has 234 valence electrons. The number of methoxy groups -OCH3 is 1. The average molecular weight is 622 g/mol. The molecule has 0 radical (unpaired) electrons. The summed E-state index contributed by atoms with van der Waals surface area (Å²) >= 11 is 0. The van der Waals surface area contributed by atoms with Crippen molar-refractivity contribution in [1.29, 1.82) is 0 Å². The third-order valence-electron chi connectivity index (χ3n) is 8.22. The first kappa shape index (κ1) is 31.2. The molecule has 44 heavy (non-hydrogen) atoms. The SMILES string of the molecule is COc1ccc(C(C)(C(=O)N2CCCC2)n2cnc(NC(=O)C(Cc3c[nH]c4ccccc34)NS(=O)(=O)C(C)(C)N)c2)cc1. The van der Waals surface area contributed by atoms with Gasteiger partial charge in [-0.15, -0.1) is 0 Å². The van der Waals surface area contributed by atoms with Gasteiger partial charge in [0.2, 0.25) is 15.9 Å². The van der Waals surface area contributed by atoms with Crippen molar-refractivity contribution in [3.05, 3.63) is 78.4 Å². The number of nitrogens with zero attached hydrogens (tertiary/aromatic N) is 3. The van der Waals surface area contributed by atoms with Crippen molar-refractivity contribution in [1.82, 2.24) is 24.2 Å². The molecule has 12 nitrogen and oxygen atoms in total. The van der Waals surface area contributed by atoms with Crippen LogP contribution in [0.4, 0.5) is 5.82 Å². The number of H-pyrrole nitrogens is 1. The minimum Gasteiger partial charge on any atom is -0.497 e. The van der Waals surface area contributed by atoms with Crippen LogP contribution < -0.4 is 20.5 Å². The second-order valence-electron chi connectivity index (χ2n) is 11.8. The van der Waals surface area contributed by atoms with Crippen molar-refractivity contribution < 1.29 is 22.7 Å². The van der Waals surface area contributed by atoms with E-state index >= 15 is 0 Å². The summed E-state index contributed by atoms with van der Waals surface area (Å²) in [4.78, 5) is 35.4. The van der Waals surface area contributed by atoms with Gasteiger partial charge < -0.3 is 30.2 Å². The Morgan fingerprint density at radius 3 is 2.43 bits per heavy atom. The molecule has 1 aliphatic rings. The fraction of sp³-hybridized carbons (Fsp3) is 0.387. The number of carbonyl (C=O) groups is 2. The number of ether oxygens (including phenoxy) is 1. The Kier molecular flexibility index (Phi) is 8.56. The number of fused-ring (bicyclic) bond motifs is 1. The number of sulfonamides is 1. The Balaban J connectivity index is 1.45. The molecule has 2 atom stereocenters. The van der Waals surface area contributed by atoms with Gasteiger partial charge in [-0.05, 0) is 69.4 Å². The second-order valence-corrected chi connectivity index (χ2v) is 14.1. The van der Waals surface area contributed by atoms with E-state index in [0.29, 0.717) is 18.8 Å². The summed E-state index contributed by atoms with van der Waals surface area (Å²) in [5.74, 6) is 0.114. The Hall–Kier alpha value is -4.20. The van der Waals surface area contributed by atoms with Gasteiger partial charge in [-0.2, -0.15) is 0 Å². The Morgan fingerprint density at radius 2 is 1.77 bits per heavy atom. The largest absolute Gasteiger partial charge is 0.497 e. The maximum atomic E-state index is 14.0. The standard InChI is InChI=1S/C31H39N7O5S/c1-30(2,32)44(41,42)36-26(17-21-18-33-25-10-6-5-9-24(21)25)28(39)35-27-19-38(20-34-27)31(3,29(40)37-15-7-8-16-37)22-11-13-23(43-4)14-12-22/h5-6,9-14,18-20,26,33,36H,7-8,15-17,32H2,1-4H3,(H,35,39). The second kappa shape index (κ2) is 12.1. The van der Waals surface area contributed by atoms with E-state index in [4.69, 9.17) is 10.5 Å². The van der Waals surface area contributed by atoms with Crippen LogP contribution >= 0.6 is 0 Å². The molecule has 13 heteroatoms. The number of anilines is 1. The summed E-state index contributed by atoms with van der Waals surface area (Å²) in [6, 6.07) is 13.6. The molecule has 2 amide bonds. The Morgan fingerprint density at radius 1 is 1.09 bits per heavy atom. The van der Waals surface area contributed by atoms with Gasteiger partial charge in [0, 0.05) is 36.4 Å². The van der Waals surface area contributed by atoms with Crippen LogP contribution in [0, 0.1) is 0 Å². The van der Waals surface area contributed by atoms with Gasteiger partial charge >= 0.3 is 0 Å². The highest BCUT2D eigenvalue weighted by atomic mass is 32.2. The first-order chi connectivity index (χ1) is 20.8. The smallest absolute Gasteiger partial charge is 0.253 e. The lowest BCUT2D eigenvalue weighted by molar-refractivity contribution is -0.137. The summed E-state index contributed by atoms with van der Waals surface area (Å²) in [6.07, 6.45) is 6.76.